The Hall–Kier alpha value is -3.36. The van der Waals surface area contributed by atoms with E-state index >= 15 is 0 Å². The Kier molecular flexibility index (Phi) is 13.0. The molecule has 0 radical (unpaired) electrons. The maximum atomic E-state index is 12.6. The molecule has 0 aliphatic carbocycles. The SMILES string of the molecule is O=C(O)C[C@@H](O)CC[C@H](SCCNC(=O)c1ccc(CN(Cc2ccccn2)Cc2ccccn2)nc1)B(O)O. The first-order chi connectivity index (χ1) is 19.3. The molecule has 0 fully saturated rings. The van der Waals surface area contributed by atoms with Gasteiger partial charge in [0, 0.05) is 55.7 Å². The topological polar surface area (TPSA) is 169 Å². The number of rotatable bonds is 17. The summed E-state index contributed by atoms with van der Waals surface area (Å²) in [4.78, 5) is 38.8. The van der Waals surface area contributed by atoms with E-state index in [1.807, 2.05) is 42.5 Å². The van der Waals surface area contributed by atoms with E-state index in [2.05, 4.69) is 25.2 Å². The highest BCUT2D eigenvalue weighted by Gasteiger charge is 2.25. The van der Waals surface area contributed by atoms with Crippen LogP contribution in [-0.4, -0.2) is 82.7 Å². The average molecular weight is 567 g/mol. The Labute approximate surface area is 237 Å². The molecule has 0 unspecified atom stereocenters. The number of aliphatic carboxylic acids is 1. The molecule has 0 bridgehead atoms. The van der Waals surface area contributed by atoms with Crippen molar-refractivity contribution in [2.75, 3.05) is 12.3 Å². The first kappa shape index (κ1) is 31.2. The molecule has 2 atom stereocenters. The summed E-state index contributed by atoms with van der Waals surface area (Å²) in [5.74, 6) is -1.00. The summed E-state index contributed by atoms with van der Waals surface area (Å²) in [5.41, 5.74) is 3.06. The van der Waals surface area contributed by atoms with Crippen molar-refractivity contribution in [3.63, 3.8) is 0 Å². The van der Waals surface area contributed by atoms with Gasteiger partial charge in [-0.2, -0.15) is 11.8 Å². The second-order valence-corrected chi connectivity index (χ2v) is 10.6. The fraction of sp³-hybridized carbons (Fsp3) is 0.370. The van der Waals surface area contributed by atoms with Crippen molar-refractivity contribution in [1.29, 1.82) is 0 Å². The van der Waals surface area contributed by atoms with Gasteiger partial charge in [0.15, 0.2) is 0 Å². The van der Waals surface area contributed by atoms with Crippen LogP contribution < -0.4 is 5.32 Å². The van der Waals surface area contributed by atoms with Gasteiger partial charge in [-0.05, 0) is 49.2 Å². The smallest absolute Gasteiger partial charge is 0.465 e. The van der Waals surface area contributed by atoms with Crippen molar-refractivity contribution in [1.82, 2.24) is 25.2 Å². The van der Waals surface area contributed by atoms with Crippen molar-refractivity contribution in [2.45, 2.75) is 50.1 Å². The highest BCUT2D eigenvalue weighted by Crippen LogP contribution is 2.19. The van der Waals surface area contributed by atoms with Crippen LogP contribution in [0, 0.1) is 0 Å². The lowest BCUT2D eigenvalue weighted by atomic mass is 9.82. The maximum Gasteiger partial charge on any atom is 0.465 e. The van der Waals surface area contributed by atoms with Gasteiger partial charge < -0.3 is 25.6 Å². The van der Waals surface area contributed by atoms with Crippen LogP contribution in [0.5, 0.6) is 0 Å². The monoisotopic (exact) mass is 567 g/mol. The Morgan fingerprint density at radius 1 is 0.900 bits per heavy atom. The number of aromatic nitrogens is 3. The molecule has 40 heavy (non-hydrogen) atoms. The van der Waals surface area contributed by atoms with Gasteiger partial charge in [-0.15, -0.1) is 0 Å². The minimum Gasteiger partial charge on any atom is -0.481 e. The number of carboxylic acids is 1. The summed E-state index contributed by atoms with van der Waals surface area (Å²) < 4.78 is 0. The van der Waals surface area contributed by atoms with Crippen molar-refractivity contribution in [3.8, 4) is 0 Å². The minimum absolute atomic E-state index is 0.132. The first-order valence-electron chi connectivity index (χ1n) is 12.9. The van der Waals surface area contributed by atoms with E-state index in [9.17, 15) is 24.7 Å². The molecule has 11 nitrogen and oxygen atoms in total. The maximum absolute atomic E-state index is 12.6. The molecule has 0 aromatic carbocycles. The normalized spacial score (nSPS) is 12.6. The molecule has 0 aliphatic rings. The zero-order valence-electron chi connectivity index (χ0n) is 22.0. The number of carboxylic acid groups (broad SMARTS) is 1. The number of thioether (sulfide) groups is 1. The average Bonchev–Trinajstić information content (AvgIpc) is 2.93. The molecule has 0 aliphatic heterocycles. The predicted octanol–water partition coefficient (Wildman–Crippen LogP) is 1.53. The number of carbonyl (C=O) groups excluding carboxylic acids is 1. The van der Waals surface area contributed by atoms with Crippen molar-refractivity contribution in [2.24, 2.45) is 0 Å². The van der Waals surface area contributed by atoms with E-state index < -0.39 is 30.8 Å². The number of pyridine rings is 3. The van der Waals surface area contributed by atoms with Crippen LogP contribution >= 0.6 is 11.8 Å². The van der Waals surface area contributed by atoms with Crippen LogP contribution in [0.15, 0.2) is 67.1 Å². The van der Waals surface area contributed by atoms with Gasteiger partial charge in [-0.1, -0.05) is 12.1 Å². The second kappa shape index (κ2) is 16.7. The fourth-order valence-corrected chi connectivity index (χ4v) is 4.94. The molecule has 212 valence electrons. The molecule has 13 heteroatoms. The fourth-order valence-electron chi connectivity index (χ4n) is 3.95. The number of nitrogens with one attached hydrogen (secondary N) is 1. The van der Waals surface area contributed by atoms with Gasteiger partial charge in [-0.25, -0.2) is 0 Å². The minimum atomic E-state index is -1.62. The van der Waals surface area contributed by atoms with E-state index in [4.69, 9.17) is 5.11 Å². The van der Waals surface area contributed by atoms with Crippen LogP contribution in [0.2, 0.25) is 0 Å². The van der Waals surface area contributed by atoms with E-state index in [1.54, 1.807) is 18.5 Å². The zero-order chi connectivity index (χ0) is 28.7. The van der Waals surface area contributed by atoms with Crippen LogP contribution in [0.1, 0.15) is 46.7 Å². The number of hydrogen-bond acceptors (Lipinski definition) is 10. The van der Waals surface area contributed by atoms with Crippen LogP contribution in [0.25, 0.3) is 0 Å². The van der Waals surface area contributed by atoms with Gasteiger partial charge in [0.2, 0.25) is 0 Å². The van der Waals surface area contributed by atoms with Gasteiger partial charge in [0.25, 0.3) is 5.91 Å². The predicted molar refractivity (Wildman–Crippen MR) is 152 cm³/mol. The van der Waals surface area contributed by atoms with E-state index in [-0.39, 0.29) is 25.3 Å². The standard InChI is InChI=1S/C27H34BN5O6S/c34-24(15-26(35)36)9-10-25(28(38)39)40-14-13-31-27(37)20-7-8-23(32-16-20)19-33(17-21-5-1-3-11-29-21)18-22-6-2-4-12-30-22/h1-8,11-12,16,24-25,34,38-39H,9-10,13-15,17-19H2,(H,31,37)(H,35,36)/t24-,25-/m0/s1. The van der Waals surface area contributed by atoms with Gasteiger partial charge in [0.1, 0.15) is 0 Å². The number of nitrogens with zero attached hydrogens (tertiary/aromatic N) is 4. The Morgan fingerprint density at radius 2 is 1.52 bits per heavy atom. The molecule has 3 aromatic heterocycles. The third kappa shape index (κ3) is 11.4. The molecule has 5 N–H and O–H groups in total. The highest BCUT2D eigenvalue weighted by atomic mass is 32.2. The van der Waals surface area contributed by atoms with Crippen LogP contribution in [-0.2, 0) is 24.4 Å². The summed E-state index contributed by atoms with van der Waals surface area (Å²) >= 11 is 1.23. The molecular formula is C27H34BN5O6S. The quantitative estimate of drug-likeness (QED) is 0.118. The lowest BCUT2D eigenvalue weighted by Crippen LogP contribution is -2.32. The summed E-state index contributed by atoms with van der Waals surface area (Å²) in [5, 5.41) is 39.8. The van der Waals surface area contributed by atoms with Crippen molar-refractivity contribution >= 4 is 30.8 Å². The largest absolute Gasteiger partial charge is 0.481 e. The molecule has 3 heterocycles. The molecule has 3 aromatic rings. The number of hydrogen-bond donors (Lipinski definition) is 5. The summed E-state index contributed by atoms with van der Waals surface area (Å²) in [6.07, 6.45) is 3.97. The van der Waals surface area contributed by atoms with E-state index in [0.717, 1.165) is 17.1 Å². The highest BCUT2D eigenvalue weighted by molar-refractivity contribution is 8.01. The molecule has 1 amide bonds. The van der Waals surface area contributed by atoms with Crippen molar-refractivity contribution in [3.05, 3.63) is 89.8 Å². The number of aliphatic hydroxyl groups excluding tert-OH is 1. The Balaban J connectivity index is 1.48. The Morgan fingerprint density at radius 3 is 2.02 bits per heavy atom. The van der Waals surface area contributed by atoms with Gasteiger partial charge in [0.05, 0.1) is 35.2 Å². The third-order valence-corrected chi connectivity index (χ3v) is 7.29. The molecule has 3 rings (SSSR count). The van der Waals surface area contributed by atoms with Gasteiger partial charge >= 0.3 is 13.1 Å². The van der Waals surface area contributed by atoms with E-state index in [1.165, 1.54) is 18.0 Å². The van der Waals surface area contributed by atoms with E-state index in [0.29, 0.717) is 31.0 Å². The van der Waals surface area contributed by atoms with Crippen LogP contribution in [0.3, 0.4) is 0 Å². The molecule has 0 spiro atoms. The lowest BCUT2D eigenvalue weighted by molar-refractivity contribution is -0.139. The van der Waals surface area contributed by atoms with Crippen molar-refractivity contribution < 1.29 is 29.9 Å². The summed E-state index contributed by atoms with van der Waals surface area (Å²) in [6, 6.07) is 15.1. The van der Waals surface area contributed by atoms with Gasteiger partial charge in [-0.3, -0.25) is 29.4 Å². The summed E-state index contributed by atoms with van der Waals surface area (Å²) in [7, 11) is -1.62. The van der Waals surface area contributed by atoms with Crippen LogP contribution in [0.4, 0.5) is 0 Å². The third-order valence-electron chi connectivity index (χ3n) is 5.94. The Bertz CT molecular complexity index is 1140. The number of aliphatic hydroxyl groups is 1. The molecular weight excluding hydrogens is 533 g/mol. The molecule has 0 saturated heterocycles. The second-order valence-electron chi connectivity index (χ2n) is 9.23. The number of carbonyl (C=O) groups is 2. The lowest BCUT2D eigenvalue weighted by Gasteiger charge is -2.21. The first-order valence-corrected chi connectivity index (χ1v) is 14.0. The molecule has 0 saturated carbocycles. The zero-order valence-corrected chi connectivity index (χ0v) is 22.9. The summed E-state index contributed by atoms with van der Waals surface area (Å²) in [6.45, 7) is 2.05. The number of amides is 1.